The maximum Gasteiger partial charge on any atom is 0.0876 e. The van der Waals surface area contributed by atoms with E-state index >= 15 is 0 Å². The van der Waals surface area contributed by atoms with Gasteiger partial charge >= 0.3 is 0 Å². The number of nitrogens with one attached hydrogen (secondary N) is 1. The topological polar surface area (TPSA) is 21.3 Å². The molecule has 1 N–H and O–H groups in total. The van der Waals surface area contributed by atoms with E-state index in [9.17, 15) is 0 Å². The van der Waals surface area contributed by atoms with E-state index in [1.165, 1.54) is 36.8 Å². The third-order valence-corrected chi connectivity index (χ3v) is 4.51. The molecule has 0 bridgehead atoms. The van der Waals surface area contributed by atoms with Crippen LogP contribution in [0.25, 0.3) is 0 Å². The number of benzene rings is 1. The second-order valence-electron chi connectivity index (χ2n) is 5.79. The minimum Gasteiger partial charge on any atom is -0.373 e. The fourth-order valence-electron chi connectivity index (χ4n) is 3.58. The number of likely N-dealkylation sites (N-methyl/N-ethyl adjacent to an activating group) is 1. The highest BCUT2D eigenvalue weighted by molar-refractivity contribution is 5.28. The standard InChI is InChI=1S/C18H29NO/c1-4-15-10-9-11-16(14-15)17(19-5-2)18(20-6-3)12-7-8-13-18/h9-11,14,17,19H,4-8,12-13H2,1-3H3. The van der Waals surface area contributed by atoms with Crippen LogP contribution in [-0.4, -0.2) is 18.8 Å². The lowest BCUT2D eigenvalue weighted by Gasteiger charge is -2.38. The van der Waals surface area contributed by atoms with Crippen LogP contribution in [-0.2, 0) is 11.2 Å². The first-order chi connectivity index (χ1) is 9.75. The summed E-state index contributed by atoms with van der Waals surface area (Å²) in [5, 5.41) is 3.69. The Hall–Kier alpha value is -0.860. The number of hydrogen-bond donors (Lipinski definition) is 1. The zero-order valence-corrected chi connectivity index (χ0v) is 13.2. The van der Waals surface area contributed by atoms with Gasteiger partial charge in [-0.1, -0.05) is 51.0 Å². The SMILES string of the molecule is CCNC(c1cccc(CC)c1)C1(OCC)CCCC1. The Labute approximate surface area is 123 Å². The zero-order valence-electron chi connectivity index (χ0n) is 13.2. The fourth-order valence-corrected chi connectivity index (χ4v) is 3.58. The molecule has 112 valence electrons. The largest absolute Gasteiger partial charge is 0.373 e. The normalized spacial score (nSPS) is 19.1. The summed E-state index contributed by atoms with van der Waals surface area (Å²) in [6, 6.07) is 9.33. The van der Waals surface area contributed by atoms with E-state index in [4.69, 9.17) is 4.74 Å². The van der Waals surface area contributed by atoms with Crippen molar-refractivity contribution in [2.45, 2.75) is 64.5 Å². The minimum atomic E-state index is -0.00285. The molecule has 20 heavy (non-hydrogen) atoms. The van der Waals surface area contributed by atoms with Gasteiger partial charge in [-0.15, -0.1) is 0 Å². The summed E-state index contributed by atoms with van der Waals surface area (Å²) in [5.74, 6) is 0. The van der Waals surface area contributed by atoms with Crippen molar-refractivity contribution in [3.63, 3.8) is 0 Å². The number of hydrogen-bond acceptors (Lipinski definition) is 2. The molecule has 0 aliphatic heterocycles. The smallest absolute Gasteiger partial charge is 0.0876 e. The molecular weight excluding hydrogens is 246 g/mol. The van der Waals surface area contributed by atoms with Gasteiger partial charge in [0.2, 0.25) is 0 Å². The van der Waals surface area contributed by atoms with E-state index in [0.29, 0.717) is 6.04 Å². The van der Waals surface area contributed by atoms with Crippen molar-refractivity contribution in [3.8, 4) is 0 Å². The van der Waals surface area contributed by atoms with Crippen molar-refractivity contribution < 1.29 is 4.74 Å². The molecule has 1 aromatic rings. The van der Waals surface area contributed by atoms with Crippen LogP contribution in [0, 0.1) is 0 Å². The van der Waals surface area contributed by atoms with Crippen molar-refractivity contribution in [1.82, 2.24) is 5.32 Å². The highest BCUT2D eigenvalue weighted by atomic mass is 16.5. The zero-order chi connectivity index (χ0) is 14.4. The Kier molecular flexibility index (Phi) is 5.62. The third-order valence-electron chi connectivity index (χ3n) is 4.51. The van der Waals surface area contributed by atoms with Gasteiger partial charge in [0.1, 0.15) is 0 Å². The van der Waals surface area contributed by atoms with Crippen molar-refractivity contribution in [2.75, 3.05) is 13.2 Å². The molecule has 2 nitrogen and oxygen atoms in total. The Morgan fingerprint density at radius 3 is 2.55 bits per heavy atom. The van der Waals surface area contributed by atoms with Crippen molar-refractivity contribution in [1.29, 1.82) is 0 Å². The number of aryl methyl sites for hydroxylation is 1. The number of ether oxygens (including phenoxy) is 1. The van der Waals surface area contributed by atoms with Crippen LogP contribution in [0.15, 0.2) is 24.3 Å². The number of rotatable bonds is 7. The molecule has 2 rings (SSSR count). The molecule has 1 aliphatic carbocycles. The van der Waals surface area contributed by atoms with Crippen LogP contribution >= 0.6 is 0 Å². The summed E-state index contributed by atoms with van der Waals surface area (Å²) in [4.78, 5) is 0. The molecule has 1 atom stereocenters. The molecule has 1 aromatic carbocycles. The maximum atomic E-state index is 6.27. The van der Waals surface area contributed by atoms with Gasteiger partial charge in [-0.2, -0.15) is 0 Å². The highest BCUT2D eigenvalue weighted by Gasteiger charge is 2.42. The van der Waals surface area contributed by atoms with Gasteiger partial charge in [0.15, 0.2) is 0 Å². The summed E-state index contributed by atoms with van der Waals surface area (Å²) in [5.41, 5.74) is 2.80. The lowest BCUT2D eigenvalue weighted by molar-refractivity contribution is -0.0623. The van der Waals surface area contributed by atoms with Gasteiger partial charge < -0.3 is 10.1 Å². The molecule has 0 spiro atoms. The van der Waals surface area contributed by atoms with Gasteiger partial charge in [-0.05, 0) is 43.9 Å². The van der Waals surface area contributed by atoms with Gasteiger partial charge in [0.25, 0.3) is 0 Å². The minimum absolute atomic E-state index is 0.00285. The molecule has 1 saturated carbocycles. The van der Waals surface area contributed by atoms with Gasteiger partial charge in [-0.25, -0.2) is 0 Å². The van der Waals surface area contributed by atoms with Crippen LogP contribution in [0.4, 0.5) is 0 Å². The summed E-state index contributed by atoms with van der Waals surface area (Å²) in [7, 11) is 0. The highest BCUT2D eigenvalue weighted by Crippen LogP contribution is 2.43. The summed E-state index contributed by atoms with van der Waals surface area (Å²) in [6.07, 6.45) is 6.02. The molecule has 0 saturated heterocycles. The summed E-state index contributed by atoms with van der Waals surface area (Å²) in [6.45, 7) is 8.30. The molecule has 0 amide bonds. The van der Waals surface area contributed by atoms with Crippen LogP contribution in [0.1, 0.15) is 63.6 Å². The van der Waals surface area contributed by atoms with E-state index in [1.54, 1.807) is 0 Å². The van der Waals surface area contributed by atoms with Crippen molar-refractivity contribution in [3.05, 3.63) is 35.4 Å². The molecule has 1 unspecified atom stereocenters. The molecular formula is C18H29NO. The molecule has 1 aliphatic rings. The van der Waals surface area contributed by atoms with Gasteiger partial charge in [0.05, 0.1) is 11.6 Å². The van der Waals surface area contributed by atoms with Crippen LogP contribution in [0.3, 0.4) is 0 Å². The van der Waals surface area contributed by atoms with E-state index in [2.05, 4.69) is 50.4 Å². The average Bonchev–Trinajstić information content (AvgIpc) is 2.94. The van der Waals surface area contributed by atoms with Crippen molar-refractivity contribution >= 4 is 0 Å². The molecule has 2 heteroatoms. The Morgan fingerprint density at radius 2 is 1.95 bits per heavy atom. The van der Waals surface area contributed by atoms with Gasteiger partial charge in [0, 0.05) is 6.61 Å². The summed E-state index contributed by atoms with van der Waals surface area (Å²) < 4.78 is 6.27. The Balaban J connectivity index is 2.32. The third kappa shape index (κ3) is 3.24. The van der Waals surface area contributed by atoms with Crippen LogP contribution in [0.2, 0.25) is 0 Å². The average molecular weight is 275 g/mol. The first-order valence-electron chi connectivity index (χ1n) is 8.22. The molecule has 0 heterocycles. The Morgan fingerprint density at radius 1 is 1.20 bits per heavy atom. The van der Waals surface area contributed by atoms with E-state index < -0.39 is 0 Å². The first-order valence-corrected chi connectivity index (χ1v) is 8.22. The predicted octanol–water partition coefficient (Wildman–Crippen LogP) is 4.25. The fraction of sp³-hybridized carbons (Fsp3) is 0.667. The molecule has 0 aromatic heterocycles. The van der Waals surface area contributed by atoms with E-state index in [0.717, 1.165) is 19.6 Å². The lowest BCUT2D eigenvalue weighted by Crippen LogP contribution is -2.44. The predicted molar refractivity (Wildman–Crippen MR) is 85.1 cm³/mol. The van der Waals surface area contributed by atoms with E-state index in [1.807, 2.05) is 0 Å². The Bertz CT molecular complexity index is 410. The summed E-state index contributed by atoms with van der Waals surface area (Å²) >= 11 is 0. The second kappa shape index (κ2) is 7.24. The quantitative estimate of drug-likeness (QED) is 0.803. The monoisotopic (exact) mass is 275 g/mol. The molecule has 1 fully saturated rings. The maximum absolute atomic E-state index is 6.27. The van der Waals surface area contributed by atoms with Crippen LogP contribution in [0.5, 0.6) is 0 Å². The van der Waals surface area contributed by atoms with E-state index in [-0.39, 0.29) is 5.60 Å². The van der Waals surface area contributed by atoms with Crippen LogP contribution < -0.4 is 5.32 Å². The lowest BCUT2D eigenvalue weighted by atomic mass is 9.85. The molecule has 0 radical (unpaired) electrons. The van der Waals surface area contributed by atoms with Gasteiger partial charge in [-0.3, -0.25) is 0 Å². The first kappa shape index (κ1) is 15.5. The second-order valence-corrected chi connectivity index (χ2v) is 5.79. The van der Waals surface area contributed by atoms with Crippen molar-refractivity contribution in [2.24, 2.45) is 0 Å².